The van der Waals surface area contributed by atoms with E-state index in [2.05, 4.69) is 15.4 Å². The Morgan fingerprint density at radius 1 is 1.65 bits per heavy atom. The lowest BCUT2D eigenvalue weighted by molar-refractivity contribution is -0.125. The number of carbonyl (C=O) groups excluding carboxylic acids is 1. The molecule has 2 N–H and O–H groups in total. The highest BCUT2D eigenvalue weighted by molar-refractivity contribution is 5.80. The van der Waals surface area contributed by atoms with E-state index in [1.165, 1.54) is 17.3 Å². The van der Waals surface area contributed by atoms with Gasteiger partial charge in [-0.2, -0.15) is 5.10 Å². The van der Waals surface area contributed by atoms with E-state index in [0.29, 0.717) is 0 Å². The van der Waals surface area contributed by atoms with Crippen LogP contribution in [0.3, 0.4) is 0 Å². The van der Waals surface area contributed by atoms with E-state index in [4.69, 9.17) is 0 Å². The van der Waals surface area contributed by atoms with Gasteiger partial charge in [0.05, 0.1) is 0 Å². The van der Waals surface area contributed by atoms with E-state index >= 15 is 0 Å². The Morgan fingerprint density at radius 2 is 2.47 bits per heavy atom. The van der Waals surface area contributed by atoms with Crippen LogP contribution in [0, 0.1) is 5.92 Å². The van der Waals surface area contributed by atoms with Gasteiger partial charge < -0.3 is 10.4 Å². The molecule has 1 aromatic heterocycles. The molecule has 0 saturated heterocycles. The molecule has 1 aromatic rings. The molecule has 1 amide bonds. The zero-order chi connectivity index (χ0) is 12.3. The van der Waals surface area contributed by atoms with Crippen molar-refractivity contribution in [2.75, 3.05) is 6.61 Å². The topological polar surface area (TPSA) is 80.0 Å². The highest BCUT2D eigenvalue weighted by Crippen LogP contribution is 2.25. The minimum Gasteiger partial charge on any atom is -0.396 e. The number of carbonyl (C=O) groups is 1. The van der Waals surface area contributed by atoms with Gasteiger partial charge in [0, 0.05) is 18.6 Å². The van der Waals surface area contributed by atoms with E-state index in [1.54, 1.807) is 6.92 Å². The third-order valence-electron chi connectivity index (χ3n) is 3.43. The largest absolute Gasteiger partial charge is 0.396 e. The van der Waals surface area contributed by atoms with Crippen molar-refractivity contribution in [3.05, 3.63) is 12.7 Å². The summed E-state index contributed by atoms with van der Waals surface area (Å²) in [6, 6.07) is -0.268. The molecule has 0 aliphatic heterocycles. The van der Waals surface area contributed by atoms with Crippen LogP contribution in [0.4, 0.5) is 0 Å². The second kappa shape index (κ2) is 5.27. The summed E-state index contributed by atoms with van der Waals surface area (Å²) in [7, 11) is 0. The molecule has 1 fully saturated rings. The Labute approximate surface area is 100 Å². The number of aromatic nitrogens is 3. The van der Waals surface area contributed by atoms with Gasteiger partial charge in [-0.15, -0.1) is 0 Å². The summed E-state index contributed by atoms with van der Waals surface area (Å²) in [5, 5.41) is 16.1. The number of aliphatic hydroxyl groups is 1. The molecule has 0 radical (unpaired) electrons. The third-order valence-corrected chi connectivity index (χ3v) is 3.43. The maximum absolute atomic E-state index is 12.0. The molecule has 2 rings (SSSR count). The van der Waals surface area contributed by atoms with Gasteiger partial charge in [-0.25, -0.2) is 9.67 Å². The molecule has 94 valence electrons. The maximum Gasteiger partial charge on any atom is 0.244 e. The van der Waals surface area contributed by atoms with Crippen LogP contribution >= 0.6 is 0 Å². The van der Waals surface area contributed by atoms with E-state index < -0.39 is 0 Å². The van der Waals surface area contributed by atoms with Gasteiger partial charge >= 0.3 is 0 Å². The lowest BCUT2D eigenvalue weighted by Crippen LogP contribution is -2.41. The van der Waals surface area contributed by atoms with Gasteiger partial charge in [0.2, 0.25) is 5.91 Å². The molecule has 3 atom stereocenters. The first kappa shape index (κ1) is 12.0. The van der Waals surface area contributed by atoms with Crippen molar-refractivity contribution in [2.45, 2.75) is 38.3 Å². The number of nitrogens with zero attached hydrogens (tertiary/aromatic N) is 3. The molecule has 3 unspecified atom stereocenters. The lowest BCUT2D eigenvalue weighted by Gasteiger charge is -2.21. The molecule has 1 aliphatic rings. The average Bonchev–Trinajstić information content (AvgIpc) is 2.98. The minimum atomic E-state index is -0.363. The summed E-state index contributed by atoms with van der Waals surface area (Å²) in [5.41, 5.74) is 0. The zero-order valence-electron chi connectivity index (χ0n) is 9.91. The zero-order valence-corrected chi connectivity index (χ0v) is 9.91. The minimum absolute atomic E-state index is 0.0687. The van der Waals surface area contributed by atoms with E-state index in [1.807, 2.05) is 0 Å². The highest BCUT2D eigenvalue weighted by Gasteiger charge is 2.29. The van der Waals surface area contributed by atoms with E-state index in [9.17, 15) is 9.90 Å². The molecular formula is C11H18N4O2. The smallest absolute Gasteiger partial charge is 0.244 e. The maximum atomic E-state index is 12.0. The summed E-state index contributed by atoms with van der Waals surface area (Å²) in [6.07, 6.45) is 5.94. The average molecular weight is 238 g/mol. The summed E-state index contributed by atoms with van der Waals surface area (Å²) < 4.78 is 1.53. The van der Waals surface area contributed by atoms with Crippen LogP contribution < -0.4 is 5.32 Å². The van der Waals surface area contributed by atoms with Gasteiger partial charge in [-0.1, -0.05) is 6.42 Å². The molecule has 0 aromatic carbocycles. The summed E-state index contributed by atoms with van der Waals surface area (Å²) in [6.45, 7) is 1.93. The standard InChI is InChI=1S/C11H18N4O2/c1-8(15-7-12-6-13-15)11(17)14-10-4-2-3-9(10)5-16/h6-10,16H,2-5H2,1H3,(H,14,17). The molecule has 17 heavy (non-hydrogen) atoms. The summed E-state index contributed by atoms with van der Waals surface area (Å²) >= 11 is 0. The highest BCUT2D eigenvalue weighted by atomic mass is 16.3. The monoisotopic (exact) mass is 238 g/mol. The van der Waals surface area contributed by atoms with Crippen LogP contribution in [-0.2, 0) is 4.79 Å². The van der Waals surface area contributed by atoms with Crippen molar-refractivity contribution in [1.29, 1.82) is 0 Å². The number of aliphatic hydroxyl groups excluding tert-OH is 1. The van der Waals surface area contributed by atoms with Crippen molar-refractivity contribution in [3.8, 4) is 0 Å². The van der Waals surface area contributed by atoms with E-state index in [-0.39, 0.29) is 30.5 Å². The van der Waals surface area contributed by atoms with Crippen LogP contribution in [0.25, 0.3) is 0 Å². The van der Waals surface area contributed by atoms with Crippen molar-refractivity contribution in [3.63, 3.8) is 0 Å². The van der Waals surface area contributed by atoms with Crippen LogP contribution in [0.15, 0.2) is 12.7 Å². The fourth-order valence-corrected chi connectivity index (χ4v) is 2.29. The van der Waals surface area contributed by atoms with E-state index in [0.717, 1.165) is 19.3 Å². The number of rotatable bonds is 4. The Kier molecular flexibility index (Phi) is 3.73. The Hall–Kier alpha value is -1.43. The molecule has 6 nitrogen and oxygen atoms in total. The lowest BCUT2D eigenvalue weighted by atomic mass is 10.0. The van der Waals surface area contributed by atoms with Gasteiger partial charge in [0.25, 0.3) is 0 Å². The summed E-state index contributed by atoms with van der Waals surface area (Å²) in [4.78, 5) is 15.8. The normalized spacial score (nSPS) is 25.8. The van der Waals surface area contributed by atoms with Crippen molar-refractivity contribution in [2.24, 2.45) is 5.92 Å². The van der Waals surface area contributed by atoms with Crippen molar-refractivity contribution >= 4 is 5.91 Å². The SMILES string of the molecule is CC(C(=O)NC1CCCC1CO)n1cncn1. The summed E-state index contributed by atoms with van der Waals surface area (Å²) in [5.74, 6) is 0.128. The molecule has 1 saturated carbocycles. The fourth-order valence-electron chi connectivity index (χ4n) is 2.29. The van der Waals surface area contributed by atoms with Crippen LogP contribution in [0.5, 0.6) is 0 Å². The third kappa shape index (κ3) is 2.63. The number of nitrogens with one attached hydrogen (secondary N) is 1. The number of amides is 1. The number of hydrogen-bond donors (Lipinski definition) is 2. The quantitative estimate of drug-likeness (QED) is 0.780. The second-order valence-corrected chi connectivity index (χ2v) is 4.54. The van der Waals surface area contributed by atoms with Crippen molar-refractivity contribution in [1.82, 2.24) is 20.1 Å². The van der Waals surface area contributed by atoms with Crippen molar-refractivity contribution < 1.29 is 9.90 Å². The molecular weight excluding hydrogens is 220 g/mol. The number of hydrogen-bond acceptors (Lipinski definition) is 4. The first-order chi connectivity index (χ1) is 8.22. The van der Waals surface area contributed by atoms with Gasteiger partial charge in [-0.3, -0.25) is 4.79 Å². The van der Waals surface area contributed by atoms with Crippen LogP contribution in [0.2, 0.25) is 0 Å². The van der Waals surface area contributed by atoms with Gasteiger partial charge in [0.1, 0.15) is 18.7 Å². The molecule has 1 aliphatic carbocycles. The first-order valence-corrected chi connectivity index (χ1v) is 5.97. The molecule has 0 bridgehead atoms. The molecule has 0 spiro atoms. The fraction of sp³-hybridized carbons (Fsp3) is 0.727. The first-order valence-electron chi connectivity index (χ1n) is 5.97. The Bertz CT molecular complexity index is 366. The van der Waals surface area contributed by atoms with Crippen LogP contribution in [0.1, 0.15) is 32.2 Å². The Morgan fingerprint density at radius 3 is 3.12 bits per heavy atom. The predicted octanol–water partition coefficient (Wildman–Crippen LogP) is 0.116. The Balaban J connectivity index is 1.92. The molecule has 6 heteroatoms. The van der Waals surface area contributed by atoms with Gasteiger partial charge in [0.15, 0.2) is 0 Å². The molecule has 1 heterocycles. The second-order valence-electron chi connectivity index (χ2n) is 4.54. The van der Waals surface area contributed by atoms with Gasteiger partial charge in [-0.05, 0) is 19.8 Å². The predicted molar refractivity (Wildman–Crippen MR) is 61.1 cm³/mol. The van der Waals surface area contributed by atoms with Crippen LogP contribution in [-0.4, -0.2) is 38.4 Å².